The van der Waals surface area contributed by atoms with Crippen LogP contribution in [0.3, 0.4) is 0 Å². The molecule has 1 N–H and O–H groups in total. The van der Waals surface area contributed by atoms with Crippen molar-refractivity contribution >= 4 is 45.3 Å². The van der Waals surface area contributed by atoms with E-state index in [1.807, 2.05) is 12.1 Å². The number of non-ortho nitro benzene ring substituents is 1. The van der Waals surface area contributed by atoms with Crippen molar-refractivity contribution in [3.05, 3.63) is 85.5 Å². The molecule has 1 saturated heterocycles. The Balaban J connectivity index is 1.28. The number of halogens is 2. The molecule has 1 aliphatic heterocycles. The highest BCUT2D eigenvalue weighted by atomic mass is 79.9. The Bertz CT molecular complexity index is 1200. The number of benzene rings is 2. The third-order valence-electron chi connectivity index (χ3n) is 5.70. The van der Waals surface area contributed by atoms with Crippen LogP contribution in [-0.2, 0) is 11.3 Å². The number of nitrogens with zero attached hydrogens (tertiary/aromatic N) is 3. The second-order valence-corrected chi connectivity index (χ2v) is 9.36. The lowest BCUT2D eigenvalue weighted by Crippen LogP contribution is -2.39. The van der Waals surface area contributed by atoms with Crippen molar-refractivity contribution in [3.8, 4) is 11.3 Å². The fraction of sp³-hybridized carbons (Fsp3) is 0.250. The number of nitro benzene ring substituents is 1. The van der Waals surface area contributed by atoms with Gasteiger partial charge < -0.3 is 4.42 Å². The monoisotopic (exact) mass is 544 g/mol. The predicted octanol–water partition coefficient (Wildman–Crippen LogP) is 5.63. The number of carbonyl (C=O) groups is 1. The van der Waals surface area contributed by atoms with Crippen LogP contribution in [-0.4, -0.2) is 35.0 Å². The lowest BCUT2D eigenvalue weighted by atomic mass is 9.96. The topological polar surface area (TPSA) is 101 Å². The number of hydrogen-bond donors (Lipinski definition) is 1. The van der Waals surface area contributed by atoms with Gasteiger partial charge in [-0.2, -0.15) is 5.10 Å². The van der Waals surface area contributed by atoms with Crippen molar-refractivity contribution in [2.24, 2.45) is 11.0 Å². The van der Waals surface area contributed by atoms with E-state index in [4.69, 9.17) is 16.0 Å². The molecule has 1 amide bonds. The second-order valence-electron chi connectivity index (χ2n) is 8.03. The van der Waals surface area contributed by atoms with Gasteiger partial charge in [0, 0.05) is 34.6 Å². The van der Waals surface area contributed by atoms with Crippen molar-refractivity contribution in [2.75, 3.05) is 13.1 Å². The van der Waals surface area contributed by atoms with Gasteiger partial charge >= 0.3 is 0 Å². The van der Waals surface area contributed by atoms with E-state index in [1.54, 1.807) is 12.1 Å². The van der Waals surface area contributed by atoms with Gasteiger partial charge in [0.2, 0.25) is 5.91 Å². The Morgan fingerprint density at radius 2 is 1.94 bits per heavy atom. The molecule has 2 heterocycles. The summed E-state index contributed by atoms with van der Waals surface area (Å²) < 4.78 is 6.73. The number of furan rings is 1. The molecule has 1 fully saturated rings. The molecule has 2 aromatic carbocycles. The third kappa shape index (κ3) is 6.11. The summed E-state index contributed by atoms with van der Waals surface area (Å²) in [6, 6.07) is 15.7. The van der Waals surface area contributed by atoms with Crippen LogP contribution in [0.25, 0.3) is 11.3 Å². The first kappa shape index (κ1) is 24.1. The molecule has 3 aromatic rings. The molecule has 0 bridgehead atoms. The van der Waals surface area contributed by atoms with Crippen molar-refractivity contribution in [2.45, 2.75) is 19.4 Å². The van der Waals surface area contributed by atoms with Crippen LogP contribution in [0.2, 0.25) is 5.02 Å². The first-order chi connectivity index (χ1) is 16.4. The number of piperidine rings is 1. The molecule has 0 atom stereocenters. The molecule has 176 valence electrons. The largest absolute Gasteiger partial charge is 0.455 e. The molecule has 10 heteroatoms. The average Bonchev–Trinajstić information content (AvgIpc) is 3.30. The SMILES string of the molecule is O=C(N/N=C/c1ccc(-c2cc([N+](=O)[O-])ccc2Cl)o1)C1CCN(Cc2ccc(Br)cc2)CC1. The maximum absolute atomic E-state index is 12.5. The van der Waals surface area contributed by atoms with Gasteiger partial charge in [0.25, 0.3) is 5.69 Å². The molecular formula is C24H22BrClN4O4. The highest BCUT2D eigenvalue weighted by Gasteiger charge is 2.24. The minimum atomic E-state index is -0.494. The zero-order valence-electron chi connectivity index (χ0n) is 18.1. The molecule has 0 spiro atoms. The predicted molar refractivity (Wildman–Crippen MR) is 134 cm³/mol. The van der Waals surface area contributed by atoms with E-state index in [2.05, 4.69) is 43.5 Å². The first-order valence-electron chi connectivity index (χ1n) is 10.7. The van der Waals surface area contributed by atoms with Gasteiger partial charge in [0.15, 0.2) is 0 Å². The Labute approximate surface area is 209 Å². The van der Waals surface area contributed by atoms with Gasteiger partial charge in [-0.3, -0.25) is 19.8 Å². The number of rotatable bonds is 7. The van der Waals surface area contributed by atoms with Crippen LogP contribution in [0.1, 0.15) is 24.2 Å². The van der Waals surface area contributed by atoms with Crippen molar-refractivity contribution in [1.29, 1.82) is 0 Å². The lowest BCUT2D eigenvalue weighted by molar-refractivity contribution is -0.384. The number of amides is 1. The molecule has 1 aromatic heterocycles. The van der Waals surface area contributed by atoms with E-state index >= 15 is 0 Å². The van der Waals surface area contributed by atoms with Crippen molar-refractivity contribution in [1.82, 2.24) is 10.3 Å². The summed E-state index contributed by atoms with van der Waals surface area (Å²) in [4.78, 5) is 25.4. The maximum Gasteiger partial charge on any atom is 0.270 e. The number of likely N-dealkylation sites (tertiary alicyclic amines) is 1. The second kappa shape index (κ2) is 10.9. The van der Waals surface area contributed by atoms with Gasteiger partial charge in [-0.25, -0.2) is 5.43 Å². The summed E-state index contributed by atoms with van der Waals surface area (Å²) >= 11 is 9.61. The van der Waals surface area contributed by atoms with E-state index in [1.165, 1.54) is 30.0 Å². The van der Waals surface area contributed by atoms with Gasteiger partial charge in [0.05, 0.1) is 16.2 Å². The minimum Gasteiger partial charge on any atom is -0.455 e. The average molecular weight is 546 g/mol. The molecule has 0 aliphatic carbocycles. The lowest BCUT2D eigenvalue weighted by Gasteiger charge is -2.30. The van der Waals surface area contributed by atoms with Crippen molar-refractivity contribution < 1.29 is 14.1 Å². The van der Waals surface area contributed by atoms with Crippen LogP contribution < -0.4 is 5.43 Å². The Kier molecular flexibility index (Phi) is 7.77. The van der Waals surface area contributed by atoms with Crippen LogP contribution in [0.5, 0.6) is 0 Å². The summed E-state index contributed by atoms with van der Waals surface area (Å²) in [5.74, 6) is 0.559. The zero-order valence-corrected chi connectivity index (χ0v) is 20.5. The van der Waals surface area contributed by atoms with Gasteiger partial charge in [-0.15, -0.1) is 0 Å². The minimum absolute atomic E-state index is 0.0823. The van der Waals surface area contributed by atoms with Crippen LogP contribution in [0.4, 0.5) is 5.69 Å². The highest BCUT2D eigenvalue weighted by Crippen LogP contribution is 2.32. The Hall–Kier alpha value is -3.01. The van der Waals surface area contributed by atoms with E-state index in [0.29, 0.717) is 22.1 Å². The summed E-state index contributed by atoms with van der Waals surface area (Å²) in [6.45, 7) is 2.57. The normalized spacial score (nSPS) is 15.0. The molecule has 8 nitrogen and oxygen atoms in total. The molecule has 0 unspecified atom stereocenters. The number of hydrazone groups is 1. The van der Waals surface area contributed by atoms with Gasteiger partial charge in [-0.05, 0) is 61.8 Å². The van der Waals surface area contributed by atoms with Crippen molar-refractivity contribution in [3.63, 3.8) is 0 Å². The van der Waals surface area contributed by atoms with E-state index in [-0.39, 0.29) is 17.5 Å². The molecule has 34 heavy (non-hydrogen) atoms. The Morgan fingerprint density at radius 1 is 1.21 bits per heavy atom. The molecule has 0 saturated carbocycles. The summed E-state index contributed by atoms with van der Waals surface area (Å²) in [6.07, 6.45) is 2.94. The summed E-state index contributed by atoms with van der Waals surface area (Å²) in [7, 11) is 0. The van der Waals surface area contributed by atoms with E-state index in [9.17, 15) is 14.9 Å². The number of hydrogen-bond acceptors (Lipinski definition) is 6. The number of carbonyl (C=O) groups excluding carboxylic acids is 1. The molecule has 0 radical (unpaired) electrons. The van der Waals surface area contributed by atoms with E-state index in [0.717, 1.165) is 36.9 Å². The summed E-state index contributed by atoms with van der Waals surface area (Å²) in [5, 5.41) is 15.4. The molecular weight excluding hydrogens is 524 g/mol. The molecule has 1 aliphatic rings. The maximum atomic E-state index is 12.5. The fourth-order valence-corrected chi connectivity index (χ4v) is 4.31. The fourth-order valence-electron chi connectivity index (χ4n) is 3.83. The van der Waals surface area contributed by atoms with Crippen LogP contribution in [0.15, 0.2) is 68.6 Å². The van der Waals surface area contributed by atoms with Gasteiger partial charge in [-0.1, -0.05) is 39.7 Å². The quantitative estimate of drug-likeness (QED) is 0.235. The van der Waals surface area contributed by atoms with Gasteiger partial charge in [0.1, 0.15) is 11.5 Å². The number of nitrogens with one attached hydrogen (secondary N) is 1. The first-order valence-corrected chi connectivity index (χ1v) is 11.9. The standard InChI is InChI=1S/C24H22BrClN4O4/c25-18-3-1-16(2-4-18)15-29-11-9-17(10-12-29)24(31)28-27-14-20-6-8-23(34-20)21-13-19(30(32)33)5-7-22(21)26/h1-8,13-14,17H,9-12,15H2,(H,28,31)/b27-14+. The van der Waals surface area contributed by atoms with Crippen LogP contribution >= 0.6 is 27.5 Å². The number of nitro groups is 1. The zero-order chi connectivity index (χ0) is 24.1. The Morgan fingerprint density at radius 3 is 2.65 bits per heavy atom. The highest BCUT2D eigenvalue weighted by molar-refractivity contribution is 9.10. The van der Waals surface area contributed by atoms with E-state index < -0.39 is 4.92 Å². The smallest absolute Gasteiger partial charge is 0.270 e. The molecule has 4 rings (SSSR count). The summed E-state index contributed by atoms with van der Waals surface area (Å²) in [5.41, 5.74) is 4.17. The third-order valence-corrected chi connectivity index (χ3v) is 6.56. The van der Waals surface area contributed by atoms with Crippen LogP contribution in [0, 0.1) is 16.0 Å².